The van der Waals surface area contributed by atoms with Gasteiger partial charge in [-0.2, -0.15) is 0 Å². The van der Waals surface area contributed by atoms with Crippen LogP contribution in [-0.2, 0) is 0 Å². The molecule has 25 heavy (non-hydrogen) atoms. The van der Waals surface area contributed by atoms with Crippen LogP contribution in [0.25, 0.3) is 0 Å². The van der Waals surface area contributed by atoms with Gasteiger partial charge >= 0.3 is 6.03 Å². The molecule has 1 aliphatic heterocycles. The van der Waals surface area contributed by atoms with Crippen LogP contribution in [-0.4, -0.2) is 34.7 Å². The van der Waals surface area contributed by atoms with E-state index in [2.05, 4.69) is 19.2 Å². The van der Waals surface area contributed by atoms with E-state index in [1.165, 1.54) is 0 Å². The van der Waals surface area contributed by atoms with Crippen molar-refractivity contribution in [3.8, 4) is 0 Å². The van der Waals surface area contributed by atoms with E-state index in [9.17, 15) is 18.7 Å². The lowest BCUT2D eigenvalue weighted by molar-refractivity contribution is -0.0651. The Balaban J connectivity index is 1.95. The van der Waals surface area contributed by atoms with Crippen LogP contribution in [0.2, 0.25) is 0 Å². The normalized spacial score (nSPS) is 17.0. The quantitative estimate of drug-likeness (QED) is 0.788. The molecule has 2 amide bonds. The van der Waals surface area contributed by atoms with Crippen LogP contribution in [0.3, 0.4) is 0 Å². The fourth-order valence-corrected chi connectivity index (χ4v) is 3.71. The Bertz CT molecular complexity index is 561. The molecule has 0 radical (unpaired) electrons. The molecule has 0 aromatic heterocycles. The zero-order valence-electron chi connectivity index (χ0n) is 15.0. The summed E-state index contributed by atoms with van der Waals surface area (Å²) in [6, 6.07) is 2.53. The molecule has 1 saturated heterocycles. The van der Waals surface area contributed by atoms with Crippen molar-refractivity contribution in [1.29, 1.82) is 0 Å². The molecule has 0 spiro atoms. The Labute approximate surface area is 148 Å². The summed E-state index contributed by atoms with van der Waals surface area (Å²) in [5.41, 5.74) is -0.633. The number of hydrogen-bond donors (Lipinski definition) is 2. The Hall–Kier alpha value is -1.69. The molecule has 1 heterocycles. The number of carbonyl (C=O) groups is 1. The maximum absolute atomic E-state index is 13.2. The maximum Gasteiger partial charge on any atom is 0.321 e. The zero-order valence-corrected chi connectivity index (χ0v) is 15.0. The van der Waals surface area contributed by atoms with Gasteiger partial charge in [0, 0.05) is 24.8 Å². The summed E-state index contributed by atoms with van der Waals surface area (Å²) < 4.78 is 26.4. The third-order valence-electron chi connectivity index (χ3n) is 5.06. The van der Waals surface area contributed by atoms with Crippen molar-refractivity contribution >= 4 is 11.7 Å². The van der Waals surface area contributed by atoms with Gasteiger partial charge in [-0.05, 0) is 43.7 Å². The molecule has 0 atom stereocenters. The van der Waals surface area contributed by atoms with Gasteiger partial charge < -0.3 is 15.3 Å². The van der Waals surface area contributed by atoms with E-state index in [1.54, 1.807) is 4.90 Å². The van der Waals surface area contributed by atoms with Crippen molar-refractivity contribution in [1.82, 2.24) is 4.90 Å². The van der Waals surface area contributed by atoms with Gasteiger partial charge in [-0.1, -0.05) is 26.7 Å². The maximum atomic E-state index is 13.2. The van der Waals surface area contributed by atoms with Gasteiger partial charge in [0.25, 0.3) is 0 Å². The van der Waals surface area contributed by atoms with Crippen LogP contribution in [0, 0.1) is 17.6 Å². The van der Waals surface area contributed by atoms with E-state index in [0.29, 0.717) is 25.9 Å². The summed E-state index contributed by atoms with van der Waals surface area (Å²) >= 11 is 0. The van der Waals surface area contributed by atoms with Crippen molar-refractivity contribution in [2.24, 2.45) is 5.92 Å². The monoisotopic (exact) mass is 354 g/mol. The number of benzene rings is 1. The van der Waals surface area contributed by atoms with Crippen molar-refractivity contribution in [2.75, 3.05) is 18.4 Å². The van der Waals surface area contributed by atoms with E-state index >= 15 is 0 Å². The summed E-state index contributed by atoms with van der Waals surface area (Å²) in [4.78, 5) is 13.9. The van der Waals surface area contributed by atoms with E-state index in [1.807, 2.05) is 0 Å². The summed E-state index contributed by atoms with van der Waals surface area (Å²) in [6.07, 6.45) is 5.09. The van der Waals surface area contributed by atoms with Gasteiger partial charge in [0.15, 0.2) is 0 Å². The fraction of sp³-hybridized carbons (Fsp3) is 0.632. The molecule has 1 aromatic carbocycles. The Morgan fingerprint density at radius 2 is 1.68 bits per heavy atom. The second-order valence-corrected chi connectivity index (χ2v) is 6.95. The van der Waals surface area contributed by atoms with Gasteiger partial charge in [-0.25, -0.2) is 13.6 Å². The van der Waals surface area contributed by atoms with E-state index in [0.717, 1.165) is 43.9 Å². The van der Waals surface area contributed by atoms with Gasteiger partial charge in [0.1, 0.15) is 11.6 Å². The molecule has 1 aliphatic rings. The highest BCUT2D eigenvalue weighted by molar-refractivity contribution is 5.89. The Kier molecular flexibility index (Phi) is 6.76. The van der Waals surface area contributed by atoms with Crippen LogP contribution in [0.1, 0.15) is 52.4 Å². The number of nitrogens with zero attached hydrogens (tertiary/aromatic N) is 1. The molecule has 0 unspecified atom stereocenters. The average molecular weight is 354 g/mol. The first-order valence-electron chi connectivity index (χ1n) is 9.12. The molecule has 2 N–H and O–H groups in total. The number of aliphatic hydroxyl groups is 1. The number of anilines is 1. The second kappa shape index (κ2) is 8.61. The summed E-state index contributed by atoms with van der Waals surface area (Å²) in [5.74, 6) is -1.21. The van der Waals surface area contributed by atoms with Crippen molar-refractivity contribution in [3.63, 3.8) is 0 Å². The first-order valence-corrected chi connectivity index (χ1v) is 9.12. The first-order chi connectivity index (χ1) is 11.9. The molecule has 6 heteroatoms. The molecule has 0 aliphatic carbocycles. The van der Waals surface area contributed by atoms with Crippen LogP contribution in [0.5, 0.6) is 0 Å². The molecule has 0 saturated carbocycles. The Morgan fingerprint density at radius 3 is 2.16 bits per heavy atom. The van der Waals surface area contributed by atoms with Crippen LogP contribution in [0.15, 0.2) is 18.2 Å². The number of carbonyl (C=O) groups excluding carboxylic acids is 1. The number of nitrogens with one attached hydrogen (secondary N) is 1. The number of likely N-dealkylation sites (tertiary alicyclic amines) is 1. The van der Waals surface area contributed by atoms with E-state index in [-0.39, 0.29) is 11.6 Å². The number of rotatable bonds is 6. The Morgan fingerprint density at radius 1 is 1.16 bits per heavy atom. The lowest BCUT2D eigenvalue weighted by Crippen LogP contribution is -2.51. The number of piperidine rings is 1. The van der Waals surface area contributed by atoms with Crippen molar-refractivity contribution < 1.29 is 18.7 Å². The number of urea groups is 1. The predicted molar refractivity (Wildman–Crippen MR) is 94.4 cm³/mol. The third-order valence-corrected chi connectivity index (χ3v) is 5.06. The largest absolute Gasteiger partial charge is 0.389 e. The lowest BCUT2D eigenvalue weighted by atomic mass is 9.75. The minimum Gasteiger partial charge on any atom is -0.389 e. The average Bonchev–Trinajstić information content (AvgIpc) is 2.54. The molecule has 0 bridgehead atoms. The van der Waals surface area contributed by atoms with Gasteiger partial charge in [0.05, 0.1) is 5.60 Å². The smallest absolute Gasteiger partial charge is 0.321 e. The molecular weight excluding hydrogens is 326 g/mol. The molecular formula is C19H28F2N2O2. The summed E-state index contributed by atoms with van der Waals surface area (Å²) in [6.45, 7) is 5.10. The molecule has 2 rings (SSSR count). The lowest BCUT2D eigenvalue weighted by Gasteiger charge is -2.43. The van der Waals surface area contributed by atoms with Crippen LogP contribution >= 0.6 is 0 Å². The highest BCUT2D eigenvalue weighted by Gasteiger charge is 2.39. The van der Waals surface area contributed by atoms with Crippen LogP contribution in [0.4, 0.5) is 19.3 Å². The van der Waals surface area contributed by atoms with E-state index in [4.69, 9.17) is 0 Å². The topological polar surface area (TPSA) is 52.6 Å². The number of amides is 2. The highest BCUT2D eigenvalue weighted by atomic mass is 19.1. The minimum atomic E-state index is -0.731. The van der Waals surface area contributed by atoms with Crippen molar-refractivity contribution in [2.45, 2.75) is 58.0 Å². The number of hydrogen-bond acceptors (Lipinski definition) is 2. The zero-order chi connectivity index (χ0) is 18.4. The SMILES string of the molecule is CCCC(CCC)C1(O)CCN(C(=O)Nc2cc(F)cc(F)c2)CC1. The first kappa shape index (κ1) is 19.6. The van der Waals surface area contributed by atoms with E-state index < -0.39 is 23.3 Å². The molecule has 1 fully saturated rings. The van der Waals surface area contributed by atoms with Gasteiger partial charge in [0.2, 0.25) is 0 Å². The third kappa shape index (κ3) is 5.14. The highest BCUT2D eigenvalue weighted by Crippen LogP contribution is 2.35. The predicted octanol–water partition coefficient (Wildman–Crippen LogP) is 4.54. The molecule has 4 nitrogen and oxygen atoms in total. The minimum absolute atomic E-state index is 0.0955. The van der Waals surface area contributed by atoms with Crippen LogP contribution < -0.4 is 5.32 Å². The van der Waals surface area contributed by atoms with Crippen molar-refractivity contribution in [3.05, 3.63) is 29.8 Å². The second-order valence-electron chi connectivity index (χ2n) is 6.95. The fourth-order valence-electron chi connectivity index (χ4n) is 3.71. The van der Waals surface area contributed by atoms with Gasteiger partial charge in [-0.15, -0.1) is 0 Å². The summed E-state index contributed by atoms with van der Waals surface area (Å²) in [5, 5.41) is 13.5. The molecule has 1 aromatic rings. The summed E-state index contributed by atoms with van der Waals surface area (Å²) in [7, 11) is 0. The van der Waals surface area contributed by atoms with Gasteiger partial charge in [-0.3, -0.25) is 0 Å². The number of halogens is 2. The molecule has 140 valence electrons. The standard InChI is InChI=1S/C19H28F2N2O2/c1-3-5-14(6-4-2)19(25)7-9-23(10-8-19)18(24)22-17-12-15(20)11-16(21)13-17/h11-14,25H,3-10H2,1-2H3,(H,22,24).